The zero-order chi connectivity index (χ0) is 23.2. The summed E-state index contributed by atoms with van der Waals surface area (Å²) in [6, 6.07) is 9.15. The first-order valence-corrected chi connectivity index (χ1v) is 12.7. The summed E-state index contributed by atoms with van der Waals surface area (Å²) in [5.41, 5.74) is 1.50. The molecule has 1 amide bonds. The van der Waals surface area contributed by atoms with E-state index in [0.717, 1.165) is 11.3 Å². The van der Waals surface area contributed by atoms with E-state index in [0.29, 0.717) is 32.0 Å². The van der Waals surface area contributed by atoms with Crippen LogP contribution in [0.3, 0.4) is 0 Å². The maximum absolute atomic E-state index is 13.2. The minimum absolute atomic E-state index is 0.0841. The molecule has 2 rings (SSSR count). The number of benzene rings is 1. The molecule has 31 heavy (non-hydrogen) atoms. The van der Waals surface area contributed by atoms with E-state index in [1.165, 1.54) is 0 Å². The molecule has 1 aromatic heterocycles. The Hall–Kier alpha value is -2.15. The molecule has 1 heterocycles. The van der Waals surface area contributed by atoms with Crippen LogP contribution >= 0.6 is 0 Å². The van der Waals surface area contributed by atoms with Gasteiger partial charge in [0.1, 0.15) is 0 Å². The van der Waals surface area contributed by atoms with Crippen molar-refractivity contribution in [1.82, 2.24) is 14.5 Å². The first-order valence-electron chi connectivity index (χ1n) is 11.1. The second kappa shape index (κ2) is 10.9. The van der Waals surface area contributed by atoms with Crippen LogP contribution in [0.4, 0.5) is 0 Å². The summed E-state index contributed by atoms with van der Waals surface area (Å²) in [6.45, 7) is 13.8. The topological polar surface area (TPSA) is 72.3 Å². The van der Waals surface area contributed by atoms with Gasteiger partial charge in [0.15, 0.2) is 0 Å². The van der Waals surface area contributed by atoms with Gasteiger partial charge in [-0.2, -0.15) is 0 Å². The molecule has 0 unspecified atom stereocenters. The third kappa shape index (κ3) is 7.49. The Balaban J connectivity index is 2.39. The van der Waals surface area contributed by atoms with Gasteiger partial charge in [-0.15, -0.1) is 0 Å². The Morgan fingerprint density at radius 3 is 2.19 bits per heavy atom. The number of sulfone groups is 1. The fraction of sp³-hybridized carbons (Fsp3) is 0.583. The van der Waals surface area contributed by atoms with Gasteiger partial charge in [0.05, 0.1) is 24.2 Å². The van der Waals surface area contributed by atoms with Crippen molar-refractivity contribution < 1.29 is 13.2 Å². The number of aromatic nitrogens is 2. The van der Waals surface area contributed by atoms with Crippen molar-refractivity contribution in [3.8, 4) is 0 Å². The third-order valence-electron chi connectivity index (χ3n) is 4.80. The quantitative estimate of drug-likeness (QED) is 0.507. The SMILES string of the molecule is CC(C)CC(=O)N(Cc1cnc(S(=O)(=O)Cc2ccccc2)n1CC(C)C)CC(C)C. The van der Waals surface area contributed by atoms with Gasteiger partial charge in [-0.05, 0) is 23.3 Å². The molecular weight excluding hydrogens is 410 g/mol. The van der Waals surface area contributed by atoms with Crippen LogP contribution in [0.15, 0.2) is 41.7 Å². The zero-order valence-corrected chi connectivity index (χ0v) is 20.5. The predicted octanol–water partition coefficient (Wildman–Crippen LogP) is 4.54. The maximum Gasteiger partial charge on any atom is 0.228 e. The highest BCUT2D eigenvalue weighted by molar-refractivity contribution is 7.90. The average molecular weight is 448 g/mol. The number of hydrogen-bond acceptors (Lipinski definition) is 4. The molecule has 1 aromatic carbocycles. The van der Waals surface area contributed by atoms with Crippen LogP contribution in [0.1, 0.15) is 59.2 Å². The normalized spacial score (nSPS) is 12.2. The standard InChI is InChI=1S/C24H37N3O3S/c1-18(2)12-23(28)26(14-19(3)4)16-22-13-25-24(27(22)15-20(5)6)31(29,30)17-21-10-8-7-9-11-21/h7-11,13,18-20H,12,14-17H2,1-6H3. The van der Waals surface area contributed by atoms with E-state index in [-0.39, 0.29) is 28.7 Å². The smallest absolute Gasteiger partial charge is 0.228 e. The van der Waals surface area contributed by atoms with E-state index in [1.54, 1.807) is 10.8 Å². The number of hydrogen-bond donors (Lipinski definition) is 0. The molecule has 172 valence electrons. The van der Waals surface area contributed by atoms with Crippen LogP contribution in [0.25, 0.3) is 0 Å². The van der Waals surface area contributed by atoms with Crippen LogP contribution in [0.5, 0.6) is 0 Å². The van der Waals surface area contributed by atoms with E-state index >= 15 is 0 Å². The summed E-state index contributed by atoms with van der Waals surface area (Å²) in [4.78, 5) is 19.0. The highest BCUT2D eigenvalue weighted by Gasteiger charge is 2.26. The molecule has 7 heteroatoms. The Kier molecular flexibility index (Phi) is 8.86. The van der Waals surface area contributed by atoms with Crippen molar-refractivity contribution in [2.24, 2.45) is 17.8 Å². The minimum atomic E-state index is -3.62. The van der Waals surface area contributed by atoms with Crippen molar-refractivity contribution in [2.75, 3.05) is 6.54 Å². The summed E-state index contributed by atoms with van der Waals surface area (Å²) in [6.07, 6.45) is 2.10. The fourth-order valence-electron chi connectivity index (χ4n) is 3.55. The molecule has 0 radical (unpaired) electrons. The van der Waals surface area contributed by atoms with Crippen molar-refractivity contribution >= 4 is 15.7 Å². The lowest BCUT2D eigenvalue weighted by Gasteiger charge is -2.26. The Bertz CT molecular complexity index is 948. The third-order valence-corrected chi connectivity index (χ3v) is 6.40. The van der Waals surface area contributed by atoms with Crippen LogP contribution in [0.2, 0.25) is 0 Å². The van der Waals surface area contributed by atoms with E-state index in [4.69, 9.17) is 0 Å². The van der Waals surface area contributed by atoms with Gasteiger partial charge < -0.3 is 9.47 Å². The molecule has 0 aliphatic heterocycles. The minimum Gasteiger partial charge on any atom is -0.337 e. The van der Waals surface area contributed by atoms with Gasteiger partial charge >= 0.3 is 0 Å². The van der Waals surface area contributed by atoms with Crippen LogP contribution in [-0.2, 0) is 33.5 Å². The number of rotatable bonds is 11. The van der Waals surface area contributed by atoms with Crippen molar-refractivity contribution in [1.29, 1.82) is 0 Å². The molecule has 2 aromatic rings. The molecule has 0 aliphatic carbocycles. The Morgan fingerprint density at radius 1 is 1.00 bits per heavy atom. The molecule has 0 N–H and O–H groups in total. The Labute approximate surface area is 187 Å². The molecule has 0 aliphatic rings. The van der Waals surface area contributed by atoms with Gasteiger partial charge in [0, 0.05) is 19.5 Å². The van der Waals surface area contributed by atoms with Gasteiger partial charge in [-0.3, -0.25) is 4.79 Å². The first-order chi connectivity index (χ1) is 14.5. The van der Waals surface area contributed by atoms with Crippen molar-refractivity contribution in [3.63, 3.8) is 0 Å². The highest BCUT2D eigenvalue weighted by atomic mass is 32.2. The molecule has 0 bridgehead atoms. The number of imidazole rings is 1. The zero-order valence-electron chi connectivity index (χ0n) is 19.7. The number of carbonyl (C=O) groups excluding carboxylic acids is 1. The van der Waals surface area contributed by atoms with Crippen LogP contribution in [0, 0.1) is 17.8 Å². The summed E-state index contributed by atoms with van der Waals surface area (Å²) < 4.78 is 28.2. The summed E-state index contributed by atoms with van der Waals surface area (Å²) in [7, 11) is -3.62. The lowest BCUT2D eigenvalue weighted by molar-refractivity contribution is -0.133. The molecule has 0 saturated heterocycles. The molecule has 0 atom stereocenters. The van der Waals surface area contributed by atoms with E-state index in [2.05, 4.69) is 18.8 Å². The predicted molar refractivity (Wildman–Crippen MR) is 124 cm³/mol. The van der Waals surface area contributed by atoms with E-state index in [9.17, 15) is 13.2 Å². The highest BCUT2D eigenvalue weighted by Crippen LogP contribution is 2.21. The lowest BCUT2D eigenvalue weighted by Crippen LogP contribution is -2.35. The number of amides is 1. The summed E-state index contributed by atoms with van der Waals surface area (Å²) in [5, 5.41) is 0.0841. The Morgan fingerprint density at radius 2 is 1.65 bits per heavy atom. The van der Waals surface area contributed by atoms with Crippen molar-refractivity contribution in [3.05, 3.63) is 47.8 Å². The molecule has 6 nitrogen and oxygen atoms in total. The van der Waals surface area contributed by atoms with E-state index < -0.39 is 9.84 Å². The second-order valence-electron chi connectivity index (χ2n) is 9.55. The van der Waals surface area contributed by atoms with Crippen molar-refractivity contribution in [2.45, 2.75) is 72.0 Å². The van der Waals surface area contributed by atoms with Gasteiger partial charge in [-0.25, -0.2) is 13.4 Å². The lowest BCUT2D eigenvalue weighted by atomic mass is 10.1. The molecule has 0 spiro atoms. The van der Waals surface area contributed by atoms with Gasteiger partial charge in [0.25, 0.3) is 0 Å². The largest absolute Gasteiger partial charge is 0.337 e. The maximum atomic E-state index is 13.2. The average Bonchev–Trinajstić information content (AvgIpc) is 3.03. The van der Waals surface area contributed by atoms with E-state index in [1.807, 2.05) is 62.9 Å². The summed E-state index contributed by atoms with van der Waals surface area (Å²) in [5.74, 6) is 0.825. The van der Waals surface area contributed by atoms with Crippen LogP contribution in [-0.4, -0.2) is 35.3 Å². The van der Waals surface area contributed by atoms with Crippen LogP contribution < -0.4 is 0 Å². The molecular formula is C24H37N3O3S. The monoisotopic (exact) mass is 447 g/mol. The number of nitrogens with zero attached hydrogens (tertiary/aromatic N) is 3. The summed E-state index contributed by atoms with van der Waals surface area (Å²) >= 11 is 0. The van der Waals surface area contributed by atoms with Gasteiger partial charge in [-0.1, -0.05) is 71.9 Å². The fourth-order valence-corrected chi connectivity index (χ4v) is 5.06. The van der Waals surface area contributed by atoms with Gasteiger partial charge in [0.2, 0.25) is 20.9 Å². The molecule has 0 fully saturated rings. The number of carbonyl (C=O) groups is 1. The first kappa shape index (κ1) is 25.1. The second-order valence-corrected chi connectivity index (χ2v) is 11.4. The molecule has 0 saturated carbocycles.